The molecule has 0 saturated carbocycles. The van der Waals surface area contributed by atoms with Crippen LogP contribution in [0.5, 0.6) is 0 Å². The molecule has 0 aliphatic rings. The van der Waals surface area contributed by atoms with E-state index in [4.69, 9.17) is 5.26 Å². The second-order valence-electron chi connectivity index (χ2n) is 5.41. The number of anilines is 1. The van der Waals surface area contributed by atoms with E-state index in [-0.39, 0.29) is 0 Å². The van der Waals surface area contributed by atoms with Crippen LogP contribution >= 0.6 is 0 Å². The molecule has 0 aliphatic heterocycles. The van der Waals surface area contributed by atoms with Crippen LogP contribution in [-0.2, 0) is 13.5 Å². The molecule has 23 heavy (non-hydrogen) atoms. The lowest BCUT2D eigenvalue weighted by Crippen LogP contribution is -2.07. The summed E-state index contributed by atoms with van der Waals surface area (Å²) in [4.78, 5) is 4.62. The van der Waals surface area contributed by atoms with Gasteiger partial charge in [0.2, 0.25) is 0 Å². The lowest BCUT2D eigenvalue weighted by molar-refractivity contribution is 0.628. The number of rotatable bonds is 5. The average molecular weight is 308 g/mol. The molecule has 0 bridgehead atoms. The summed E-state index contributed by atoms with van der Waals surface area (Å²) in [6.07, 6.45) is 1.66. The summed E-state index contributed by atoms with van der Waals surface area (Å²) in [5.74, 6) is 0.625. The van der Waals surface area contributed by atoms with E-state index in [1.54, 1.807) is 12.1 Å². The number of para-hydroxylation sites is 2. The first-order chi connectivity index (χ1) is 11.2. The Hall–Kier alpha value is -2.87. The van der Waals surface area contributed by atoms with Gasteiger partial charge in [0.15, 0.2) is 0 Å². The Labute approximate surface area is 134 Å². The van der Waals surface area contributed by atoms with Crippen LogP contribution in [0.25, 0.3) is 11.0 Å². The zero-order chi connectivity index (χ0) is 16.2. The molecule has 0 radical (unpaired) electrons. The quantitative estimate of drug-likeness (QED) is 0.732. The second kappa shape index (κ2) is 6.49. The van der Waals surface area contributed by atoms with Gasteiger partial charge in [0, 0.05) is 20.0 Å². The topological polar surface area (TPSA) is 53.6 Å². The summed E-state index contributed by atoms with van der Waals surface area (Å²) >= 11 is 0. The molecule has 3 aromatic rings. The molecule has 1 aromatic heterocycles. The molecule has 2 aromatic carbocycles. The number of halogens is 1. The second-order valence-corrected chi connectivity index (χ2v) is 5.41. The number of nitriles is 1. The van der Waals surface area contributed by atoms with Gasteiger partial charge in [0.25, 0.3) is 0 Å². The Morgan fingerprint density at radius 3 is 2.83 bits per heavy atom. The Morgan fingerprint density at radius 1 is 1.26 bits per heavy atom. The average Bonchev–Trinajstić information content (AvgIpc) is 2.89. The van der Waals surface area contributed by atoms with Crippen molar-refractivity contribution in [2.45, 2.75) is 12.8 Å². The molecular weight excluding hydrogens is 291 g/mol. The van der Waals surface area contributed by atoms with Gasteiger partial charge in [-0.2, -0.15) is 5.26 Å². The summed E-state index contributed by atoms with van der Waals surface area (Å²) in [7, 11) is 2.01. The molecular formula is C18H17FN4. The minimum Gasteiger partial charge on any atom is -0.383 e. The van der Waals surface area contributed by atoms with Crippen LogP contribution in [-0.4, -0.2) is 16.1 Å². The van der Waals surface area contributed by atoms with Gasteiger partial charge < -0.3 is 9.88 Å². The van der Waals surface area contributed by atoms with E-state index in [2.05, 4.69) is 20.9 Å². The molecule has 0 spiro atoms. The largest absolute Gasteiger partial charge is 0.383 e. The van der Waals surface area contributed by atoms with Crippen molar-refractivity contribution in [3.05, 3.63) is 59.7 Å². The first-order valence-electron chi connectivity index (χ1n) is 7.53. The van der Waals surface area contributed by atoms with E-state index in [1.807, 2.05) is 31.3 Å². The van der Waals surface area contributed by atoms with Crippen molar-refractivity contribution < 1.29 is 4.39 Å². The van der Waals surface area contributed by atoms with Gasteiger partial charge in [-0.05, 0) is 36.8 Å². The van der Waals surface area contributed by atoms with Crippen molar-refractivity contribution in [1.82, 2.24) is 9.55 Å². The number of nitrogens with one attached hydrogen (secondary N) is 1. The molecule has 0 saturated heterocycles. The third kappa shape index (κ3) is 3.16. The highest BCUT2D eigenvalue weighted by molar-refractivity contribution is 5.75. The SMILES string of the molecule is Cn1c(CCCNc2ccc(C#N)cc2F)nc2ccccc21. The van der Waals surface area contributed by atoms with Crippen molar-refractivity contribution in [3.63, 3.8) is 0 Å². The molecule has 3 rings (SSSR count). The highest BCUT2D eigenvalue weighted by Gasteiger charge is 2.07. The normalized spacial score (nSPS) is 10.7. The van der Waals surface area contributed by atoms with Crippen molar-refractivity contribution in [2.24, 2.45) is 7.05 Å². The standard InChI is InChI=1S/C18H17FN4/c1-23-17-6-3-2-5-16(17)22-18(23)7-4-10-21-15-9-8-13(12-20)11-14(15)19/h2-3,5-6,8-9,11,21H,4,7,10H2,1H3. The van der Waals surface area contributed by atoms with Crippen LogP contribution in [0.3, 0.4) is 0 Å². The van der Waals surface area contributed by atoms with Crippen LogP contribution in [0, 0.1) is 17.1 Å². The van der Waals surface area contributed by atoms with E-state index >= 15 is 0 Å². The number of nitrogens with zero attached hydrogens (tertiary/aromatic N) is 3. The number of fused-ring (bicyclic) bond motifs is 1. The number of aryl methyl sites for hydroxylation is 2. The van der Waals surface area contributed by atoms with Crippen LogP contribution in [0.15, 0.2) is 42.5 Å². The summed E-state index contributed by atoms with van der Waals surface area (Å²) in [6.45, 7) is 0.645. The predicted octanol–water partition coefficient (Wildman–Crippen LogP) is 3.63. The fourth-order valence-corrected chi connectivity index (χ4v) is 2.62. The molecule has 1 N–H and O–H groups in total. The highest BCUT2D eigenvalue weighted by Crippen LogP contribution is 2.17. The predicted molar refractivity (Wildman–Crippen MR) is 88.6 cm³/mol. The molecule has 5 heteroatoms. The summed E-state index contributed by atoms with van der Waals surface area (Å²) in [5, 5.41) is 11.8. The zero-order valence-corrected chi connectivity index (χ0v) is 12.9. The van der Waals surface area contributed by atoms with Gasteiger partial charge >= 0.3 is 0 Å². The molecule has 116 valence electrons. The molecule has 0 aliphatic carbocycles. The maximum atomic E-state index is 13.8. The Kier molecular flexibility index (Phi) is 4.24. The van der Waals surface area contributed by atoms with Crippen molar-refractivity contribution in [3.8, 4) is 6.07 Å². The molecule has 0 unspecified atom stereocenters. The summed E-state index contributed by atoms with van der Waals surface area (Å²) in [5.41, 5.74) is 2.87. The monoisotopic (exact) mass is 308 g/mol. The maximum Gasteiger partial charge on any atom is 0.147 e. The minimum atomic E-state index is -0.396. The van der Waals surface area contributed by atoms with Gasteiger partial charge in [0.05, 0.1) is 28.4 Å². The van der Waals surface area contributed by atoms with Gasteiger partial charge in [-0.25, -0.2) is 9.37 Å². The Bertz CT molecular complexity index is 876. The van der Waals surface area contributed by atoms with Crippen LogP contribution < -0.4 is 5.32 Å². The lowest BCUT2D eigenvalue weighted by atomic mass is 10.2. The van der Waals surface area contributed by atoms with E-state index in [0.717, 1.165) is 29.7 Å². The summed E-state index contributed by atoms with van der Waals surface area (Å²) in [6, 6.07) is 14.4. The van der Waals surface area contributed by atoms with Crippen molar-refractivity contribution in [1.29, 1.82) is 5.26 Å². The number of aromatic nitrogens is 2. The summed E-state index contributed by atoms with van der Waals surface area (Å²) < 4.78 is 15.9. The number of hydrogen-bond donors (Lipinski definition) is 1. The zero-order valence-electron chi connectivity index (χ0n) is 12.9. The fourth-order valence-electron chi connectivity index (χ4n) is 2.62. The van der Waals surface area contributed by atoms with Crippen molar-refractivity contribution in [2.75, 3.05) is 11.9 Å². The lowest BCUT2D eigenvalue weighted by Gasteiger charge is -2.08. The molecule has 0 atom stereocenters. The minimum absolute atomic E-state index is 0.327. The van der Waals surface area contributed by atoms with Crippen LogP contribution in [0.1, 0.15) is 17.8 Å². The Morgan fingerprint density at radius 2 is 2.09 bits per heavy atom. The number of imidazole rings is 1. The molecule has 0 fully saturated rings. The van der Waals surface area contributed by atoms with Crippen LogP contribution in [0.2, 0.25) is 0 Å². The highest BCUT2D eigenvalue weighted by atomic mass is 19.1. The first kappa shape index (κ1) is 15.0. The van der Waals surface area contributed by atoms with Gasteiger partial charge in [-0.3, -0.25) is 0 Å². The number of benzene rings is 2. The van der Waals surface area contributed by atoms with Gasteiger partial charge in [0.1, 0.15) is 11.6 Å². The van der Waals surface area contributed by atoms with E-state index in [9.17, 15) is 4.39 Å². The molecule has 0 amide bonds. The van der Waals surface area contributed by atoms with E-state index in [0.29, 0.717) is 17.8 Å². The number of hydrogen-bond acceptors (Lipinski definition) is 3. The third-order valence-corrected chi connectivity index (χ3v) is 3.87. The Balaban J connectivity index is 1.59. The smallest absolute Gasteiger partial charge is 0.147 e. The first-order valence-corrected chi connectivity index (χ1v) is 7.53. The molecule has 1 heterocycles. The third-order valence-electron chi connectivity index (χ3n) is 3.87. The maximum absolute atomic E-state index is 13.8. The van der Waals surface area contributed by atoms with E-state index < -0.39 is 5.82 Å². The molecule has 4 nitrogen and oxygen atoms in total. The van der Waals surface area contributed by atoms with Crippen molar-refractivity contribution >= 4 is 16.7 Å². The van der Waals surface area contributed by atoms with Gasteiger partial charge in [-0.1, -0.05) is 12.1 Å². The van der Waals surface area contributed by atoms with Crippen LogP contribution in [0.4, 0.5) is 10.1 Å². The van der Waals surface area contributed by atoms with E-state index in [1.165, 1.54) is 6.07 Å². The van der Waals surface area contributed by atoms with Gasteiger partial charge in [-0.15, -0.1) is 0 Å². The fraction of sp³-hybridized carbons (Fsp3) is 0.222.